The quantitative estimate of drug-likeness (QED) is 0.459. The number of hydrogen-bond acceptors (Lipinski definition) is 3. The molecule has 0 atom stereocenters. The van der Waals surface area contributed by atoms with Crippen molar-refractivity contribution in [2.45, 2.75) is 39.5 Å². The first-order chi connectivity index (χ1) is 5.81. The Labute approximate surface area is 74.0 Å². The Morgan fingerprint density at radius 2 is 1.67 bits per heavy atom. The highest BCUT2D eigenvalue weighted by atomic mass is 16.7. The number of unbranched alkanes of at least 4 members (excludes halogenated alkanes) is 2. The summed E-state index contributed by atoms with van der Waals surface area (Å²) in [5.41, 5.74) is 0. The third kappa shape index (κ3) is 7.38. The number of carbonyl (C=O) groups excluding carboxylic acids is 1. The van der Waals surface area contributed by atoms with E-state index in [1.54, 1.807) is 0 Å². The van der Waals surface area contributed by atoms with E-state index in [0.717, 1.165) is 25.7 Å². The molecule has 0 rings (SSSR count). The highest BCUT2D eigenvalue weighted by molar-refractivity contribution is 5.59. The van der Waals surface area contributed by atoms with E-state index >= 15 is 0 Å². The molecule has 0 aliphatic rings. The van der Waals surface area contributed by atoms with Gasteiger partial charge in [-0.1, -0.05) is 26.7 Å². The summed E-state index contributed by atoms with van der Waals surface area (Å²) >= 11 is 0. The molecule has 12 heavy (non-hydrogen) atoms. The molecule has 0 aliphatic carbocycles. The first-order valence-electron chi connectivity index (χ1n) is 4.60. The zero-order chi connectivity index (χ0) is 9.23. The fourth-order valence-corrected chi connectivity index (χ4v) is 0.735. The minimum Gasteiger partial charge on any atom is -0.434 e. The van der Waals surface area contributed by atoms with Gasteiger partial charge in [0, 0.05) is 0 Å². The molecule has 0 saturated carbocycles. The molecule has 0 spiro atoms. The van der Waals surface area contributed by atoms with E-state index in [1.807, 2.05) is 6.92 Å². The van der Waals surface area contributed by atoms with Crippen LogP contribution in [0.1, 0.15) is 39.5 Å². The van der Waals surface area contributed by atoms with Crippen molar-refractivity contribution in [2.75, 3.05) is 13.2 Å². The number of rotatable bonds is 6. The van der Waals surface area contributed by atoms with E-state index in [2.05, 4.69) is 6.92 Å². The molecule has 0 bridgehead atoms. The molecule has 0 N–H and O–H groups in total. The molecular weight excluding hydrogens is 156 g/mol. The van der Waals surface area contributed by atoms with Crippen molar-refractivity contribution in [1.82, 2.24) is 0 Å². The van der Waals surface area contributed by atoms with Crippen LogP contribution in [0.2, 0.25) is 0 Å². The Balaban J connectivity index is 3.08. The number of ether oxygens (including phenoxy) is 2. The van der Waals surface area contributed by atoms with Crippen LogP contribution in [0, 0.1) is 0 Å². The summed E-state index contributed by atoms with van der Waals surface area (Å²) in [6.45, 7) is 4.99. The predicted molar refractivity (Wildman–Crippen MR) is 47.1 cm³/mol. The molecule has 0 aliphatic heterocycles. The normalized spacial score (nSPS) is 9.50. The molecule has 3 heteroatoms. The molecule has 0 amide bonds. The zero-order valence-electron chi connectivity index (χ0n) is 7.97. The van der Waals surface area contributed by atoms with Crippen LogP contribution in [0.5, 0.6) is 0 Å². The van der Waals surface area contributed by atoms with Crippen LogP contribution in [-0.2, 0) is 9.47 Å². The molecule has 0 heterocycles. The van der Waals surface area contributed by atoms with Crippen molar-refractivity contribution in [1.29, 1.82) is 0 Å². The van der Waals surface area contributed by atoms with E-state index < -0.39 is 6.16 Å². The second kappa shape index (κ2) is 8.37. The molecule has 0 unspecified atom stereocenters. The molecule has 0 aromatic carbocycles. The van der Waals surface area contributed by atoms with Crippen LogP contribution in [0.15, 0.2) is 0 Å². The Hall–Kier alpha value is -0.730. The van der Waals surface area contributed by atoms with Crippen LogP contribution >= 0.6 is 0 Å². The molecule has 0 fully saturated rings. The lowest BCUT2D eigenvalue weighted by molar-refractivity contribution is 0.0542. The average Bonchev–Trinajstić information content (AvgIpc) is 2.09. The van der Waals surface area contributed by atoms with Gasteiger partial charge in [0.15, 0.2) is 0 Å². The van der Waals surface area contributed by atoms with Gasteiger partial charge in [-0.3, -0.25) is 0 Å². The average molecular weight is 174 g/mol. The van der Waals surface area contributed by atoms with Gasteiger partial charge in [0.1, 0.15) is 0 Å². The van der Waals surface area contributed by atoms with Crippen LogP contribution in [0.3, 0.4) is 0 Å². The fraction of sp³-hybridized carbons (Fsp3) is 0.889. The maximum absolute atomic E-state index is 10.7. The van der Waals surface area contributed by atoms with Crippen LogP contribution in [0.4, 0.5) is 4.79 Å². The maximum atomic E-state index is 10.7. The number of hydrogen-bond donors (Lipinski definition) is 0. The van der Waals surface area contributed by atoms with Gasteiger partial charge in [-0.2, -0.15) is 0 Å². The van der Waals surface area contributed by atoms with E-state index in [4.69, 9.17) is 9.47 Å². The van der Waals surface area contributed by atoms with Crippen molar-refractivity contribution in [3.8, 4) is 0 Å². The fourth-order valence-electron chi connectivity index (χ4n) is 0.735. The summed E-state index contributed by atoms with van der Waals surface area (Å²) in [7, 11) is 0. The maximum Gasteiger partial charge on any atom is 0.508 e. The van der Waals surface area contributed by atoms with Gasteiger partial charge in [0.05, 0.1) is 13.2 Å². The van der Waals surface area contributed by atoms with E-state index in [1.165, 1.54) is 0 Å². The molecule has 3 nitrogen and oxygen atoms in total. The second-order valence-electron chi connectivity index (χ2n) is 2.65. The summed E-state index contributed by atoms with van der Waals surface area (Å²) in [6, 6.07) is 0. The van der Waals surface area contributed by atoms with Crippen molar-refractivity contribution >= 4 is 6.16 Å². The second-order valence-corrected chi connectivity index (χ2v) is 2.65. The molecule has 0 aromatic rings. The molecule has 0 saturated heterocycles. The zero-order valence-corrected chi connectivity index (χ0v) is 7.97. The van der Waals surface area contributed by atoms with Crippen LogP contribution in [-0.4, -0.2) is 19.4 Å². The smallest absolute Gasteiger partial charge is 0.434 e. The monoisotopic (exact) mass is 174 g/mol. The predicted octanol–water partition coefficient (Wildman–Crippen LogP) is 2.74. The van der Waals surface area contributed by atoms with Crippen molar-refractivity contribution in [3.63, 3.8) is 0 Å². The number of carbonyl (C=O) groups is 1. The van der Waals surface area contributed by atoms with Gasteiger partial charge in [-0.05, 0) is 12.8 Å². The molecule has 72 valence electrons. The highest BCUT2D eigenvalue weighted by Crippen LogP contribution is 1.95. The largest absolute Gasteiger partial charge is 0.508 e. The molecule has 0 aromatic heterocycles. The standard InChI is InChI=1S/C9H18O3/c1-3-5-6-8-12-9(10)11-7-4-2/h3-8H2,1-2H3. The van der Waals surface area contributed by atoms with Crippen LogP contribution < -0.4 is 0 Å². The Morgan fingerprint density at radius 3 is 2.25 bits per heavy atom. The lowest BCUT2D eigenvalue weighted by atomic mass is 10.3. The van der Waals surface area contributed by atoms with E-state index in [9.17, 15) is 4.79 Å². The lowest BCUT2D eigenvalue weighted by Crippen LogP contribution is -2.08. The van der Waals surface area contributed by atoms with Gasteiger partial charge in [0.2, 0.25) is 0 Å². The summed E-state index contributed by atoms with van der Waals surface area (Å²) in [5, 5.41) is 0. The summed E-state index contributed by atoms with van der Waals surface area (Å²) < 4.78 is 9.50. The Bertz CT molecular complexity index is 112. The third-order valence-corrected chi connectivity index (χ3v) is 1.39. The minimum absolute atomic E-state index is 0.451. The summed E-state index contributed by atoms with van der Waals surface area (Å²) in [6.07, 6.45) is 3.46. The Morgan fingerprint density at radius 1 is 1.00 bits per heavy atom. The topological polar surface area (TPSA) is 35.5 Å². The summed E-state index contributed by atoms with van der Waals surface area (Å²) in [4.78, 5) is 10.7. The highest BCUT2D eigenvalue weighted by Gasteiger charge is 2.00. The molecular formula is C9H18O3. The minimum atomic E-state index is -0.534. The third-order valence-electron chi connectivity index (χ3n) is 1.39. The van der Waals surface area contributed by atoms with Crippen LogP contribution in [0.25, 0.3) is 0 Å². The van der Waals surface area contributed by atoms with Gasteiger partial charge < -0.3 is 9.47 Å². The van der Waals surface area contributed by atoms with Crippen molar-refractivity contribution in [3.05, 3.63) is 0 Å². The lowest BCUT2D eigenvalue weighted by Gasteiger charge is -2.03. The van der Waals surface area contributed by atoms with E-state index in [-0.39, 0.29) is 0 Å². The first kappa shape index (κ1) is 11.3. The molecule has 0 radical (unpaired) electrons. The van der Waals surface area contributed by atoms with Crippen molar-refractivity contribution in [2.24, 2.45) is 0 Å². The van der Waals surface area contributed by atoms with Crippen molar-refractivity contribution < 1.29 is 14.3 Å². The summed E-state index contributed by atoms with van der Waals surface area (Å²) in [5.74, 6) is 0. The Kier molecular flexibility index (Phi) is 7.86. The van der Waals surface area contributed by atoms with Gasteiger partial charge in [-0.15, -0.1) is 0 Å². The van der Waals surface area contributed by atoms with Gasteiger partial charge in [-0.25, -0.2) is 4.79 Å². The van der Waals surface area contributed by atoms with Gasteiger partial charge >= 0.3 is 6.16 Å². The first-order valence-corrected chi connectivity index (χ1v) is 4.60. The van der Waals surface area contributed by atoms with E-state index in [0.29, 0.717) is 13.2 Å². The SMILES string of the molecule is CCCCCOC(=O)OCCC. The van der Waals surface area contributed by atoms with Gasteiger partial charge in [0.25, 0.3) is 0 Å².